The van der Waals surface area contributed by atoms with E-state index in [0.717, 1.165) is 61.6 Å². The first-order valence-electron chi connectivity index (χ1n) is 11.3. The van der Waals surface area contributed by atoms with E-state index in [-0.39, 0.29) is 12.0 Å². The van der Waals surface area contributed by atoms with E-state index in [9.17, 15) is 4.79 Å². The monoisotopic (exact) mass is 418 g/mol. The van der Waals surface area contributed by atoms with Crippen LogP contribution in [0.15, 0.2) is 42.6 Å². The highest BCUT2D eigenvalue weighted by Crippen LogP contribution is 2.29. The number of rotatable bonds is 5. The number of ether oxygens (including phenoxy) is 1. The number of aryl methyl sites for hydroxylation is 1. The Bertz CT molecular complexity index is 1080. The summed E-state index contributed by atoms with van der Waals surface area (Å²) < 4.78 is 8.23. The van der Waals surface area contributed by atoms with Gasteiger partial charge in [0.2, 0.25) is 0 Å². The van der Waals surface area contributed by atoms with Crippen LogP contribution >= 0.6 is 0 Å². The fourth-order valence-electron chi connectivity index (χ4n) is 4.85. The van der Waals surface area contributed by atoms with Gasteiger partial charge in [-0.25, -0.2) is 4.98 Å². The predicted molar refractivity (Wildman–Crippen MR) is 121 cm³/mol. The summed E-state index contributed by atoms with van der Waals surface area (Å²) in [7, 11) is 2.09. The number of para-hydroxylation sites is 1. The number of likely N-dealkylation sites (tertiary alicyclic amines) is 1. The van der Waals surface area contributed by atoms with E-state index >= 15 is 0 Å². The number of imidazole rings is 1. The van der Waals surface area contributed by atoms with E-state index in [2.05, 4.69) is 41.5 Å². The number of fused-ring (bicyclic) bond motifs is 2. The molecule has 0 spiro atoms. The first kappa shape index (κ1) is 20.1. The number of nitrogens with zero attached hydrogens (tertiary/aromatic N) is 4. The molecule has 31 heavy (non-hydrogen) atoms. The smallest absolute Gasteiger partial charge is 0.274 e. The number of amides is 1. The van der Waals surface area contributed by atoms with Gasteiger partial charge in [-0.2, -0.15) is 0 Å². The van der Waals surface area contributed by atoms with Crippen LogP contribution in [0.1, 0.15) is 46.6 Å². The van der Waals surface area contributed by atoms with Crippen LogP contribution in [-0.2, 0) is 13.0 Å². The van der Waals surface area contributed by atoms with Crippen molar-refractivity contribution in [2.24, 2.45) is 0 Å². The van der Waals surface area contributed by atoms with Crippen LogP contribution in [0, 0.1) is 6.92 Å². The summed E-state index contributed by atoms with van der Waals surface area (Å²) in [6, 6.07) is 12.3. The second kappa shape index (κ2) is 8.35. The molecule has 2 aliphatic heterocycles. The highest BCUT2D eigenvalue weighted by molar-refractivity contribution is 5.94. The van der Waals surface area contributed by atoms with Crippen molar-refractivity contribution in [3.63, 3.8) is 0 Å². The third-order valence-electron chi connectivity index (χ3n) is 6.44. The van der Waals surface area contributed by atoms with Gasteiger partial charge < -0.3 is 14.0 Å². The molecule has 162 valence electrons. The highest BCUT2D eigenvalue weighted by atomic mass is 16.5. The van der Waals surface area contributed by atoms with Gasteiger partial charge in [-0.05, 0) is 56.5 Å². The van der Waals surface area contributed by atoms with E-state index in [1.54, 1.807) is 0 Å². The first-order valence-corrected chi connectivity index (χ1v) is 11.3. The van der Waals surface area contributed by atoms with Gasteiger partial charge in [0.05, 0.1) is 5.69 Å². The molecule has 0 aliphatic carbocycles. The molecule has 6 nitrogen and oxygen atoms in total. The summed E-state index contributed by atoms with van der Waals surface area (Å²) in [5.41, 5.74) is 4.78. The summed E-state index contributed by atoms with van der Waals surface area (Å²) in [5.74, 6) is 1.06. The van der Waals surface area contributed by atoms with Gasteiger partial charge in [0, 0.05) is 38.8 Å². The van der Waals surface area contributed by atoms with Crippen molar-refractivity contribution in [3.05, 3.63) is 65.1 Å². The van der Waals surface area contributed by atoms with E-state index in [0.29, 0.717) is 12.2 Å². The maximum absolute atomic E-state index is 13.4. The normalized spacial score (nSPS) is 18.4. The van der Waals surface area contributed by atoms with Gasteiger partial charge >= 0.3 is 0 Å². The summed E-state index contributed by atoms with van der Waals surface area (Å²) in [5, 5.41) is 0. The third-order valence-corrected chi connectivity index (χ3v) is 6.44. The minimum absolute atomic E-state index is 0.0655. The molecule has 0 saturated carbocycles. The summed E-state index contributed by atoms with van der Waals surface area (Å²) in [6.45, 7) is 5.15. The molecule has 0 unspecified atom stereocenters. The fraction of sp³-hybridized carbons (Fsp3) is 0.440. The predicted octanol–water partition coefficient (Wildman–Crippen LogP) is 3.70. The van der Waals surface area contributed by atoms with Crippen molar-refractivity contribution < 1.29 is 9.53 Å². The molecule has 0 N–H and O–H groups in total. The van der Waals surface area contributed by atoms with Gasteiger partial charge in [0.25, 0.3) is 5.91 Å². The summed E-state index contributed by atoms with van der Waals surface area (Å²) in [6.07, 6.45) is 6.43. The second-order valence-corrected chi connectivity index (χ2v) is 8.89. The van der Waals surface area contributed by atoms with Gasteiger partial charge in [-0.1, -0.05) is 24.3 Å². The average Bonchev–Trinajstić information content (AvgIpc) is 3.35. The van der Waals surface area contributed by atoms with Crippen LogP contribution in [0.3, 0.4) is 0 Å². The SMILES string of the molecule is Cc1cccn2c(CN(C)C[C@@H]3Cc4ccccc4O3)c(C(=O)N3CCCCC3)nc12. The highest BCUT2D eigenvalue weighted by Gasteiger charge is 2.28. The molecule has 5 rings (SSSR count). The van der Waals surface area contributed by atoms with Crippen molar-refractivity contribution in [2.45, 2.75) is 45.3 Å². The number of hydrogen-bond donors (Lipinski definition) is 0. The second-order valence-electron chi connectivity index (χ2n) is 8.89. The minimum Gasteiger partial charge on any atom is -0.488 e. The molecule has 6 heteroatoms. The van der Waals surface area contributed by atoms with Crippen molar-refractivity contribution in [3.8, 4) is 5.75 Å². The van der Waals surface area contributed by atoms with E-state index < -0.39 is 0 Å². The van der Waals surface area contributed by atoms with Crippen LogP contribution in [-0.4, -0.2) is 57.9 Å². The third kappa shape index (κ3) is 3.92. The lowest BCUT2D eigenvalue weighted by Gasteiger charge is -2.27. The maximum Gasteiger partial charge on any atom is 0.274 e. The average molecular weight is 419 g/mol. The number of hydrogen-bond acceptors (Lipinski definition) is 4. The fourth-order valence-corrected chi connectivity index (χ4v) is 4.85. The van der Waals surface area contributed by atoms with Gasteiger partial charge in [-0.3, -0.25) is 9.69 Å². The lowest BCUT2D eigenvalue weighted by molar-refractivity contribution is 0.0716. The van der Waals surface area contributed by atoms with Gasteiger partial charge in [0.1, 0.15) is 17.5 Å². The zero-order valence-electron chi connectivity index (χ0n) is 18.4. The van der Waals surface area contributed by atoms with Gasteiger partial charge in [0.15, 0.2) is 5.69 Å². The van der Waals surface area contributed by atoms with Crippen molar-refractivity contribution in [1.82, 2.24) is 19.2 Å². The van der Waals surface area contributed by atoms with E-state index in [1.807, 2.05) is 29.3 Å². The number of carbonyl (C=O) groups is 1. The molecule has 4 heterocycles. The van der Waals surface area contributed by atoms with Crippen LogP contribution in [0.2, 0.25) is 0 Å². The Balaban J connectivity index is 1.39. The topological polar surface area (TPSA) is 50.1 Å². The van der Waals surface area contributed by atoms with Crippen LogP contribution < -0.4 is 4.74 Å². The number of aromatic nitrogens is 2. The molecule has 1 atom stereocenters. The standard InChI is InChI=1S/C25H30N4O2/c1-18-9-8-14-29-21(23(26-24(18)29)25(30)28-12-6-3-7-13-28)17-27(2)16-20-15-19-10-4-5-11-22(19)31-20/h4-5,8-11,14,20H,3,6-7,12-13,15-17H2,1-2H3/t20-/m0/s1. The lowest BCUT2D eigenvalue weighted by atomic mass is 10.1. The maximum atomic E-state index is 13.4. The van der Waals surface area contributed by atoms with Gasteiger partial charge in [-0.15, -0.1) is 0 Å². The largest absolute Gasteiger partial charge is 0.488 e. The number of benzene rings is 1. The number of pyridine rings is 1. The molecular formula is C25H30N4O2. The quantitative estimate of drug-likeness (QED) is 0.634. The number of piperidine rings is 1. The molecule has 0 radical (unpaired) electrons. The Labute approximate surface area is 183 Å². The van der Waals surface area contributed by atoms with Crippen LogP contribution in [0.25, 0.3) is 5.65 Å². The molecule has 1 amide bonds. The van der Waals surface area contributed by atoms with Crippen LogP contribution in [0.4, 0.5) is 0 Å². The molecule has 1 fully saturated rings. The van der Waals surface area contributed by atoms with Crippen molar-refractivity contribution in [1.29, 1.82) is 0 Å². The molecule has 3 aromatic rings. The molecule has 2 aliphatic rings. The Morgan fingerprint density at radius 3 is 2.77 bits per heavy atom. The minimum atomic E-state index is 0.0655. The summed E-state index contributed by atoms with van der Waals surface area (Å²) >= 11 is 0. The Hall–Kier alpha value is -2.86. The number of carbonyl (C=O) groups excluding carboxylic acids is 1. The zero-order valence-corrected chi connectivity index (χ0v) is 18.4. The molecular weight excluding hydrogens is 388 g/mol. The summed E-state index contributed by atoms with van der Waals surface area (Å²) in [4.78, 5) is 22.4. The molecule has 1 aromatic carbocycles. The Morgan fingerprint density at radius 2 is 1.97 bits per heavy atom. The molecule has 0 bridgehead atoms. The first-order chi connectivity index (χ1) is 15.1. The zero-order chi connectivity index (χ0) is 21.4. The van der Waals surface area contributed by atoms with Crippen molar-refractivity contribution >= 4 is 11.6 Å². The van der Waals surface area contributed by atoms with E-state index in [4.69, 9.17) is 9.72 Å². The molecule has 1 saturated heterocycles. The Morgan fingerprint density at radius 1 is 1.16 bits per heavy atom. The number of likely N-dealkylation sites (N-methyl/N-ethyl adjacent to an activating group) is 1. The van der Waals surface area contributed by atoms with E-state index in [1.165, 1.54) is 12.0 Å². The Kier molecular flexibility index (Phi) is 5.40. The molecule has 2 aromatic heterocycles. The van der Waals surface area contributed by atoms with Crippen molar-refractivity contribution in [2.75, 3.05) is 26.7 Å². The lowest BCUT2D eigenvalue weighted by Crippen LogP contribution is -2.37. The van der Waals surface area contributed by atoms with Crippen LogP contribution in [0.5, 0.6) is 5.75 Å².